The Morgan fingerprint density at radius 3 is 2.31 bits per heavy atom. The van der Waals surface area contributed by atoms with Crippen molar-refractivity contribution in [1.29, 1.82) is 0 Å². The molecule has 0 aliphatic carbocycles. The Balaban J connectivity index is 1.29. The number of nitrogens with one attached hydrogen (secondary N) is 3. The Labute approximate surface area is 228 Å². The Morgan fingerprint density at radius 1 is 0.897 bits per heavy atom. The van der Waals surface area contributed by atoms with Crippen LogP contribution >= 0.6 is 11.3 Å². The highest BCUT2D eigenvalue weighted by molar-refractivity contribution is 7.20. The number of carbonyl (C=O) groups excluding carboxylic acids is 2. The molecule has 0 saturated carbocycles. The molecule has 2 amide bonds. The summed E-state index contributed by atoms with van der Waals surface area (Å²) in [5, 5.41) is 9.24. The molecule has 39 heavy (non-hydrogen) atoms. The number of rotatable bonds is 8. The highest BCUT2D eigenvalue weighted by Crippen LogP contribution is 2.29. The smallest absolute Gasteiger partial charge is 0.266 e. The minimum atomic E-state index is -0.386. The second-order valence-electron chi connectivity index (χ2n) is 8.68. The van der Waals surface area contributed by atoms with Gasteiger partial charge in [-0.3, -0.25) is 19.0 Å². The Kier molecular flexibility index (Phi) is 7.37. The van der Waals surface area contributed by atoms with Gasteiger partial charge in [0.25, 0.3) is 11.5 Å². The molecular weight excluding hydrogens is 514 g/mol. The molecule has 9 nitrogen and oxygen atoms in total. The lowest BCUT2D eigenvalue weighted by atomic mass is 10.2. The van der Waals surface area contributed by atoms with Crippen molar-refractivity contribution >= 4 is 56.1 Å². The fourth-order valence-corrected chi connectivity index (χ4v) is 5.13. The van der Waals surface area contributed by atoms with Crippen LogP contribution in [0.1, 0.15) is 15.2 Å². The van der Waals surface area contributed by atoms with Gasteiger partial charge in [0.05, 0.1) is 29.4 Å². The van der Waals surface area contributed by atoms with Crippen molar-refractivity contribution in [1.82, 2.24) is 9.55 Å². The average Bonchev–Trinajstić information content (AvgIpc) is 3.29. The maximum Gasteiger partial charge on any atom is 0.266 e. The molecule has 5 rings (SSSR count). The van der Waals surface area contributed by atoms with Gasteiger partial charge >= 0.3 is 0 Å². The molecule has 196 valence electrons. The van der Waals surface area contributed by atoms with E-state index in [9.17, 15) is 14.4 Å². The summed E-state index contributed by atoms with van der Waals surface area (Å²) in [6.07, 6.45) is 1.33. The summed E-state index contributed by atoms with van der Waals surface area (Å²) in [6.45, 7) is 1.48. The van der Waals surface area contributed by atoms with Crippen LogP contribution in [0.4, 0.5) is 22.7 Å². The molecule has 0 saturated heterocycles. The van der Waals surface area contributed by atoms with E-state index < -0.39 is 0 Å². The van der Waals surface area contributed by atoms with E-state index in [2.05, 4.69) is 20.9 Å². The number of thiophene rings is 1. The fourth-order valence-electron chi connectivity index (χ4n) is 4.10. The van der Waals surface area contributed by atoms with E-state index in [-0.39, 0.29) is 23.9 Å². The van der Waals surface area contributed by atoms with Gasteiger partial charge in [-0.05, 0) is 61.0 Å². The normalized spacial score (nSPS) is 10.7. The predicted octanol–water partition coefficient (Wildman–Crippen LogP) is 5.41. The van der Waals surface area contributed by atoms with Gasteiger partial charge in [-0.2, -0.15) is 0 Å². The summed E-state index contributed by atoms with van der Waals surface area (Å²) in [5.74, 6) is -0.212. The Hall–Kier alpha value is -4.96. The number of amides is 2. The molecule has 3 N–H and O–H groups in total. The van der Waals surface area contributed by atoms with Crippen molar-refractivity contribution in [3.05, 3.63) is 106 Å². The van der Waals surface area contributed by atoms with E-state index in [1.165, 1.54) is 18.0 Å². The second-order valence-corrected chi connectivity index (χ2v) is 9.68. The summed E-state index contributed by atoms with van der Waals surface area (Å²) in [5.41, 5.74) is 3.08. The topological polar surface area (TPSA) is 114 Å². The third-order valence-corrected chi connectivity index (χ3v) is 7.22. The average molecular weight is 540 g/mol. The number of benzene rings is 3. The Bertz CT molecular complexity index is 1710. The number of aryl methyl sites for hydroxylation is 1. The quantitative estimate of drug-likeness (QED) is 0.243. The van der Waals surface area contributed by atoms with Crippen LogP contribution in [0.3, 0.4) is 0 Å². The van der Waals surface area contributed by atoms with Crippen molar-refractivity contribution in [3.8, 4) is 5.75 Å². The number of hydrogen-bond acceptors (Lipinski definition) is 7. The van der Waals surface area contributed by atoms with Crippen LogP contribution in [0, 0.1) is 6.92 Å². The first-order chi connectivity index (χ1) is 18.9. The molecule has 0 aliphatic heterocycles. The number of ether oxygens (including phenoxy) is 1. The van der Waals surface area contributed by atoms with Crippen LogP contribution in [0.5, 0.6) is 5.75 Å². The number of nitrogens with zero attached hydrogens (tertiary/aromatic N) is 2. The molecule has 0 fully saturated rings. The van der Waals surface area contributed by atoms with Crippen LogP contribution < -0.4 is 26.2 Å². The lowest BCUT2D eigenvalue weighted by Gasteiger charge is -2.10. The van der Waals surface area contributed by atoms with Gasteiger partial charge in [0.15, 0.2) is 0 Å². The number of hydrogen-bond donors (Lipinski definition) is 3. The monoisotopic (exact) mass is 539 g/mol. The summed E-state index contributed by atoms with van der Waals surface area (Å²) >= 11 is 1.13. The molecule has 0 radical (unpaired) electrons. The second kappa shape index (κ2) is 11.2. The Morgan fingerprint density at radius 2 is 1.56 bits per heavy atom. The van der Waals surface area contributed by atoms with Gasteiger partial charge < -0.3 is 20.7 Å². The number of fused-ring (bicyclic) bond motifs is 1. The minimum Gasteiger partial charge on any atom is -0.495 e. The van der Waals surface area contributed by atoms with Gasteiger partial charge in [-0.25, -0.2) is 4.98 Å². The molecule has 3 aromatic carbocycles. The van der Waals surface area contributed by atoms with Gasteiger partial charge in [-0.1, -0.05) is 30.3 Å². The SMILES string of the molecule is COc1ccccc1NC(=O)c1sc2ncn(CC(=O)Nc3ccc(Nc4ccccc4)cc3)c(=O)c2c1C. The summed E-state index contributed by atoms with van der Waals surface area (Å²) < 4.78 is 6.54. The first kappa shape index (κ1) is 25.7. The highest BCUT2D eigenvalue weighted by Gasteiger charge is 2.21. The zero-order valence-electron chi connectivity index (χ0n) is 21.2. The minimum absolute atomic E-state index is 0.218. The first-order valence-electron chi connectivity index (χ1n) is 12.1. The van der Waals surface area contributed by atoms with Crippen LogP contribution in [-0.2, 0) is 11.3 Å². The van der Waals surface area contributed by atoms with E-state index in [0.717, 1.165) is 22.7 Å². The molecule has 0 spiro atoms. The highest BCUT2D eigenvalue weighted by atomic mass is 32.1. The van der Waals surface area contributed by atoms with E-state index in [4.69, 9.17) is 4.74 Å². The molecule has 0 unspecified atom stereocenters. The number of aromatic nitrogens is 2. The molecule has 2 aromatic heterocycles. The van der Waals surface area contributed by atoms with Gasteiger partial charge in [0, 0.05) is 17.1 Å². The van der Waals surface area contributed by atoms with E-state index >= 15 is 0 Å². The molecule has 5 aromatic rings. The number of carbonyl (C=O) groups is 2. The van der Waals surface area contributed by atoms with E-state index in [1.807, 2.05) is 42.5 Å². The van der Waals surface area contributed by atoms with Gasteiger partial charge in [0.1, 0.15) is 17.1 Å². The van der Waals surface area contributed by atoms with Crippen LogP contribution in [0.15, 0.2) is 90.0 Å². The molecule has 2 heterocycles. The molecule has 10 heteroatoms. The summed E-state index contributed by atoms with van der Waals surface area (Å²) in [6, 6.07) is 24.1. The zero-order chi connectivity index (χ0) is 27.4. The number of methoxy groups -OCH3 is 1. The first-order valence-corrected chi connectivity index (χ1v) is 12.9. The van der Waals surface area contributed by atoms with Gasteiger partial charge in [-0.15, -0.1) is 11.3 Å². The molecule has 0 aliphatic rings. The third kappa shape index (κ3) is 5.65. The molecular formula is C29H25N5O4S. The van der Waals surface area contributed by atoms with E-state index in [0.29, 0.717) is 37.8 Å². The zero-order valence-corrected chi connectivity index (χ0v) is 22.0. The van der Waals surface area contributed by atoms with Crippen molar-refractivity contribution in [2.24, 2.45) is 0 Å². The van der Waals surface area contributed by atoms with Crippen LogP contribution in [0.25, 0.3) is 10.2 Å². The van der Waals surface area contributed by atoms with Crippen LogP contribution in [-0.4, -0.2) is 28.5 Å². The largest absolute Gasteiger partial charge is 0.495 e. The van der Waals surface area contributed by atoms with Gasteiger partial charge in [0.2, 0.25) is 5.91 Å². The molecule has 0 bridgehead atoms. The van der Waals surface area contributed by atoms with E-state index in [1.54, 1.807) is 43.3 Å². The van der Waals surface area contributed by atoms with Crippen molar-refractivity contribution in [2.75, 3.05) is 23.1 Å². The van der Waals surface area contributed by atoms with Crippen molar-refractivity contribution in [2.45, 2.75) is 13.5 Å². The summed E-state index contributed by atoms with van der Waals surface area (Å²) in [7, 11) is 1.52. The maximum absolute atomic E-state index is 13.2. The standard InChI is InChI=1S/C29H25N5O4S/c1-18-25-28(39-26(18)27(36)33-22-10-6-7-11-23(22)38-2)30-17-34(29(25)37)16-24(35)32-21-14-12-20(13-15-21)31-19-8-4-3-5-9-19/h3-15,17,31H,16H2,1-2H3,(H,32,35)(H,33,36). The number of anilines is 4. The van der Waals surface area contributed by atoms with Crippen molar-refractivity contribution < 1.29 is 14.3 Å². The van der Waals surface area contributed by atoms with Crippen molar-refractivity contribution in [3.63, 3.8) is 0 Å². The third-order valence-electron chi connectivity index (χ3n) is 6.02. The summed E-state index contributed by atoms with van der Waals surface area (Å²) in [4.78, 5) is 44.1. The molecule has 0 atom stereocenters. The fraction of sp³-hybridized carbons (Fsp3) is 0.103. The maximum atomic E-state index is 13.2. The van der Waals surface area contributed by atoms with Crippen LogP contribution in [0.2, 0.25) is 0 Å². The predicted molar refractivity (Wildman–Crippen MR) is 154 cm³/mol. The lowest BCUT2D eigenvalue weighted by Crippen LogP contribution is -2.28. The number of para-hydroxylation sites is 3. The lowest BCUT2D eigenvalue weighted by molar-refractivity contribution is -0.116.